The van der Waals surface area contributed by atoms with Crippen molar-refractivity contribution < 1.29 is 22.7 Å². The molecule has 1 fully saturated rings. The van der Waals surface area contributed by atoms with Gasteiger partial charge >= 0.3 is 0 Å². The Morgan fingerprint density at radius 3 is 2.67 bits per heavy atom. The van der Waals surface area contributed by atoms with Gasteiger partial charge in [-0.15, -0.1) is 11.3 Å². The number of carbonyl (C=O) groups is 1. The molecule has 0 saturated carbocycles. The maximum Gasteiger partial charge on any atom is 0.246 e. The molecule has 1 aliphatic heterocycles. The van der Waals surface area contributed by atoms with Gasteiger partial charge in [0.25, 0.3) is 0 Å². The van der Waals surface area contributed by atoms with Gasteiger partial charge in [0.05, 0.1) is 31.2 Å². The van der Waals surface area contributed by atoms with E-state index in [0.29, 0.717) is 42.7 Å². The molecular weight excluding hydrogens is 448 g/mol. The minimum Gasteiger partial charge on any atom is -0.495 e. The predicted molar refractivity (Wildman–Crippen MR) is 117 cm³/mol. The van der Waals surface area contributed by atoms with Crippen LogP contribution in [0.4, 0.5) is 0 Å². The van der Waals surface area contributed by atoms with Crippen LogP contribution in [0.2, 0.25) is 4.34 Å². The second-order valence-corrected chi connectivity index (χ2v) is 10.4. The van der Waals surface area contributed by atoms with Crippen LogP contribution in [0.15, 0.2) is 41.3 Å². The van der Waals surface area contributed by atoms with Gasteiger partial charge in [-0.25, -0.2) is 8.42 Å². The molecule has 10 heteroatoms. The fourth-order valence-corrected chi connectivity index (χ4v) is 5.71. The van der Waals surface area contributed by atoms with Crippen molar-refractivity contribution in [1.82, 2.24) is 9.21 Å². The molecule has 3 rings (SSSR count). The molecule has 1 amide bonds. The number of likely N-dealkylation sites (N-methyl/N-ethyl adjacent to an activating group) is 1. The molecule has 0 bridgehead atoms. The van der Waals surface area contributed by atoms with Gasteiger partial charge in [0, 0.05) is 31.1 Å². The van der Waals surface area contributed by atoms with Gasteiger partial charge in [0.15, 0.2) is 0 Å². The summed E-state index contributed by atoms with van der Waals surface area (Å²) < 4.78 is 38.7. The van der Waals surface area contributed by atoms with Crippen molar-refractivity contribution in [3.8, 4) is 5.75 Å². The monoisotopic (exact) mass is 470 g/mol. The first kappa shape index (κ1) is 22.8. The number of halogens is 1. The van der Waals surface area contributed by atoms with E-state index >= 15 is 0 Å². The van der Waals surface area contributed by atoms with Gasteiger partial charge in [0.2, 0.25) is 15.9 Å². The van der Waals surface area contributed by atoms with E-state index in [9.17, 15) is 13.2 Å². The lowest BCUT2D eigenvalue weighted by Crippen LogP contribution is -2.40. The number of benzene rings is 1. The van der Waals surface area contributed by atoms with Crippen LogP contribution in [-0.4, -0.2) is 64.0 Å². The average Bonchev–Trinajstić information content (AvgIpc) is 3.16. The van der Waals surface area contributed by atoms with Crippen molar-refractivity contribution in [1.29, 1.82) is 0 Å². The van der Waals surface area contributed by atoms with Crippen LogP contribution in [0, 0.1) is 0 Å². The largest absolute Gasteiger partial charge is 0.495 e. The zero-order chi connectivity index (χ0) is 21.7. The van der Waals surface area contributed by atoms with E-state index in [4.69, 9.17) is 21.1 Å². The minimum absolute atomic E-state index is 0.0723. The van der Waals surface area contributed by atoms with Crippen molar-refractivity contribution in [3.05, 3.63) is 51.2 Å². The first-order valence-corrected chi connectivity index (χ1v) is 11.9. The van der Waals surface area contributed by atoms with Crippen LogP contribution in [0.1, 0.15) is 10.4 Å². The fraction of sp³-hybridized carbons (Fsp3) is 0.350. The van der Waals surface area contributed by atoms with Crippen LogP contribution < -0.4 is 4.74 Å². The van der Waals surface area contributed by atoms with Crippen molar-refractivity contribution in [3.63, 3.8) is 0 Å². The standard InChI is InChI=1S/C20H23ClN2O5S2/c1-22(14-16-5-7-19(21)29-16)20(24)8-4-15-3-6-17(27-2)18(13-15)30(25,26)23-9-11-28-12-10-23/h3-8,13H,9-12,14H2,1-2H3. The average molecular weight is 471 g/mol. The number of sulfonamides is 1. The molecule has 1 saturated heterocycles. The Labute approximate surface area is 185 Å². The zero-order valence-electron chi connectivity index (χ0n) is 16.7. The van der Waals surface area contributed by atoms with E-state index in [0.717, 1.165) is 4.88 Å². The third-order valence-electron chi connectivity index (χ3n) is 4.59. The third kappa shape index (κ3) is 5.41. The SMILES string of the molecule is COc1ccc(C=CC(=O)N(C)Cc2ccc(Cl)s2)cc1S(=O)(=O)N1CCOCC1. The maximum atomic E-state index is 13.1. The van der Waals surface area contributed by atoms with Crippen LogP contribution in [0.5, 0.6) is 5.75 Å². The highest BCUT2D eigenvalue weighted by Gasteiger charge is 2.29. The zero-order valence-corrected chi connectivity index (χ0v) is 19.1. The summed E-state index contributed by atoms with van der Waals surface area (Å²) in [6, 6.07) is 8.50. The smallest absolute Gasteiger partial charge is 0.246 e. The Morgan fingerprint density at radius 2 is 2.03 bits per heavy atom. The summed E-state index contributed by atoms with van der Waals surface area (Å²) in [5.41, 5.74) is 0.587. The topological polar surface area (TPSA) is 76.2 Å². The fourth-order valence-electron chi connectivity index (χ4n) is 2.97. The lowest BCUT2D eigenvalue weighted by atomic mass is 10.2. The summed E-state index contributed by atoms with van der Waals surface area (Å²) in [6.07, 6.45) is 3.01. The number of nitrogens with zero attached hydrogens (tertiary/aromatic N) is 2. The predicted octanol–water partition coefficient (Wildman–Crippen LogP) is 3.10. The summed E-state index contributed by atoms with van der Waals surface area (Å²) >= 11 is 7.35. The summed E-state index contributed by atoms with van der Waals surface area (Å²) in [5.74, 6) is 0.0598. The van der Waals surface area contributed by atoms with E-state index in [1.54, 1.807) is 36.2 Å². The van der Waals surface area contributed by atoms with Gasteiger partial charge in [-0.05, 0) is 35.9 Å². The van der Waals surface area contributed by atoms with Crippen LogP contribution >= 0.6 is 22.9 Å². The summed E-state index contributed by atoms with van der Waals surface area (Å²) in [6.45, 7) is 1.75. The lowest BCUT2D eigenvalue weighted by molar-refractivity contribution is -0.125. The quantitative estimate of drug-likeness (QED) is 0.581. The molecule has 1 aromatic heterocycles. The van der Waals surface area contributed by atoms with Crippen LogP contribution in [-0.2, 0) is 26.1 Å². The summed E-state index contributed by atoms with van der Waals surface area (Å²) in [5, 5.41) is 0. The van der Waals surface area contributed by atoms with E-state index < -0.39 is 10.0 Å². The van der Waals surface area contributed by atoms with Crippen molar-refractivity contribution >= 4 is 44.9 Å². The highest BCUT2D eigenvalue weighted by molar-refractivity contribution is 7.89. The van der Waals surface area contributed by atoms with Gasteiger partial charge in [0.1, 0.15) is 10.6 Å². The van der Waals surface area contributed by atoms with Crippen molar-refractivity contribution in [2.24, 2.45) is 0 Å². The van der Waals surface area contributed by atoms with Crippen LogP contribution in [0.25, 0.3) is 6.08 Å². The van der Waals surface area contributed by atoms with E-state index in [1.165, 1.54) is 34.9 Å². The second-order valence-electron chi connectivity index (χ2n) is 6.66. The van der Waals surface area contributed by atoms with Gasteiger partial charge in [-0.2, -0.15) is 4.31 Å². The highest BCUT2D eigenvalue weighted by atomic mass is 35.5. The van der Waals surface area contributed by atoms with Gasteiger partial charge < -0.3 is 14.4 Å². The molecule has 2 heterocycles. The number of hydrogen-bond acceptors (Lipinski definition) is 6. The number of ether oxygens (including phenoxy) is 2. The van der Waals surface area contributed by atoms with Gasteiger partial charge in [-0.3, -0.25) is 4.79 Å². The number of morpholine rings is 1. The van der Waals surface area contributed by atoms with E-state index in [2.05, 4.69) is 0 Å². The van der Waals surface area contributed by atoms with Crippen molar-refractivity contribution in [2.45, 2.75) is 11.4 Å². The molecule has 1 aromatic carbocycles. The number of carbonyl (C=O) groups excluding carboxylic acids is 1. The molecular formula is C20H23ClN2O5S2. The normalized spacial score (nSPS) is 15.4. The Hall–Kier alpha value is -1.91. The molecule has 2 aromatic rings. The maximum absolute atomic E-state index is 13.1. The van der Waals surface area contributed by atoms with Crippen LogP contribution in [0.3, 0.4) is 0 Å². The minimum atomic E-state index is -3.73. The van der Waals surface area contributed by atoms with Crippen molar-refractivity contribution in [2.75, 3.05) is 40.5 Å². The molecule has 0 unspecified atom stereocenters. The number of thiophene rings is 1. The second kappa shape index (κ2) is 9.93. The van der Waals surface area contributed by atoms with Gasteiger partial charge in [-0.1, -0.05) is 17.7 Å². The number of amides is 1. The molecule has 0 N–H and O–H groups in total. The lowest BCUT2D eigenvalue weighted by Gasteiger charge is -2.26. The molecule has 30 heavy (non-hydrogen) atoms. The Bertz CT molecular complexity index is 1030. The number of rotatable bonds is 7. The number of hydrogen-bond donors (Lipinski definition) is 0. The first-order valence-electron chi connectivity index (χ1n) is 9.24. The Morgan fingerprint density at radius 1 is 1.30 bits per heavy atom. The summed E-state index contributed by atoms with van der Waals surface area (Å²) in [7, 11) is -0.606. The molecule has 0 radical (unpaired) electrons. The first-order chi connectivity index (χ1) is 14.3. The Kier molecular flexibility index (Phi) is 7.54. The molecule has 0 aliphatic carbocycles. The molecule has 7 nitrogen and oxygen atoms in total. The molecule has 1 aliphatic rings. The third-order valence-corrected chi connectivity index (χ3v) is 7.73. The van der Waals surface area contributed by atoms with E-state index in [-0.39, 0.29) is 16.6 Å². The molecule has 162 valence electrons. The highest BCUT2D eigenvalue weighted by Crippen LogP contribution is 2.29. The number of methoxy groups -OCH3 is 1. The molecule has 0 spiro atoms. The Balaban J connectivity index is 1.77. The summed E-state index contributed by atoms with van der Waals surface area (Å²) in [4.78, 5) is 15.0. The van der Waals surface area contributed by atoms with E-state index in [1.807, 2.05) is 6.07 Å². The molecule has 0 atom stereocenters.